The number of allylic oxidation sites excluding steroid dienone is 8. The van der Waals surface area contributed by atoms with Crippen LogP contribution in [0.1, 0.15) is 258 Å². The summed E-state index contributed by atoms with van der Waals surface area (Å²) in [6.07, 6.45) is 61.3. The summed E-state index contributed by atoms with van der Waals surface area (Å²) in [5.41, 5.74) is 0. The van der Waals surface area contributed by atoms with Crippen molar-refractivity contribution in [2.75, 3.05) is 13.2 Å². The molecule has 0 rings (SSSR count). The average Bonchev–Trinajstić information content (AvgIpc) is 3.25. The Kier molecular flexibility index (Phi) is 46.9. The fourth-order valence-corrected chi connectivity index (χ4v) is 7.90. The molecule has 0 bridgehead atoms. The molecule has 0 spiro atoms. The minimum Gasteiger partial charge on any atom is -0.462 e. The summed E-state index contributed by atoms with van der Waals surface area (Å²) in [7, 11) is -4.76. The highest BCUT2D eigenvalue weighted by Crippen LogP contribution is 2.36. The Bertz CT molecular complexity index is 1140. The van der Waals surface area contributed by atoms with Crippen LogP contribution >= 0.6 is 7.82 Å². The molecule has 0 aliphatic rings. The van der Waals surface area contributed by atoms with E-state index >= 15 is 0 Å². The quantitative estimate of drug-likeness (QED) is 0.0268. The number of phosphoric ester groups is 1. The number of carbonyl (C=O) groups excluding carboxylic acids is 2. The molecule has 0 aromatic carbocycles. The zero-order valence-corrected chi connectivity index (χ0v) is 41.2. The molecular weight excluding hydrogens is 796 g/mol. The summed E-state index contributed by atoms with van der Waals surface area (Å²) in [5.74, 6) is -0.883. The lowest BCUT2D eigenvalue weighted by atomic mass is 10.0. The number of phosphoric acid groups is 1. The van der Waals surface area contributed by atoms with Gasteiger partial charge in [0.1, 0.15) is 6.61 Å². The van der Waals surface area contributed by atoms with Crippen LogP contribution in [0.4, 0.5) is 0 Å². The molecule has 0 saturated heterocycles. The van der Waals surface area contributed by atoms with Gasteiger partial charge in [0, 0.05) is 12.8 Å². The standard InChI is InChI=1S/C53H97O8P/c1-3-5-7-9-11-13-15-17-19-21-23-25-26-28-29-31-33-35-37-39-41-43-45-47-52(54)59-49-51(50-60-62(56,57)58)61-53(55)48-46-44-42-40-38-36-34-32-30-27-24-22-20-18-16-14-12-10-8-6-4-2/h6,8,12,14,18,20,24,27,51H,3-5,7,9-11,13,15-17,19,21-23,25-26,28-50H2,1-2H3,(H2,56,57,58)/b8-6-,14-12-,20-18-,27-24-. The maximum atomic E-state index is 12.5. The summed E-state index contributed by atoms with van der Waals surface area (Å²) < 4.78 is 26.6. The number of unbranched alkanes of at least 4 members (excludes halogenated alkanes) is 30. The van der Waals surface area contributed by atoms with Gasteiger partial charge < -0.3 is 19.3 Å². The summed E-state index contributed by atoms with van der Waals surface area (Å²) in [6, 6.07) is 0. The van der Waals surface area contributed by atoms with Crippen LogP contribution in [0.5, 0.6) is 0 Å². The SMILES string of the molecule is CC/C=C\C/C=C\C/C=C\C/C=C\CCCCCCCCCCC(=O)OC(COC(=O)CCCCCCCCCCCCCCCCCCCCCCCCC)COP(=O)(O)O. The fourth-order valence-electron chi connectivity index (χ4n) is 7.54. The largest absolute Gasteiger partial charge is 0.469 e. The van der Waals surface area contributed by atoms with Crippen molar-refractivity contribution in [3.8, 4) is 0 Å². The molecule has 0 aromatic rings. The topological polar surface area (TPSA) is 119 Å². The average molecular weight is 893 g/mol. The normalized spacial score (nSPS) is 12.8. The smallest absolute Gasteiger partial charge is 0.462 e. The van der Waals surface area contributed by atoms with Gasteiger partial charge in [-0.3, -0.25) is 14.1 Å². The predicted molar refractivity (Wildman–Crippen MR) is 262 cm³/mol. The van der Waals surface area contributed by atoms with Gasteiger partial charge >= 0.3 is 19.8 Å². The molecule has 62 heavy (non-hydrogen) atoms. The zero-order valence-electron chi connectivity index (χ0n) is 40.3. The second kappa shape index (κ2) is 48.5. The number of carbonyl (C=O) groups is 2. The van der Waals surface area contributed by atoms with Gasteiger partial charge in [-0.2, -0.15) is 0 Å². The monoisotopic (exact) mass is 893 g/mol. The second-order valence-electron chi connectivity index (χ2n) is 17.5. The molecule has 2 N–H and O–H groups in total. The first-order valence-corrected chi connectivity index (χ1v) is 27.5. The highest BCUT2D eigenvalue weighted by molar-refractivity contribution is 7.46. The lowest BCUT2D eigenvalue weighted by Crippen LogP contribution is -2.29. The van der Waals surface area contributed by atoms with Crippen molar-refractivity contribution in [2.45, 2.75) is 264 Å². The van der Waals surface area contributed by atoms with E-state index in [1.165, 1.54) is 154 Å². The van der Waals surface area contributed by atoms with E-state index in [0.29, 0.717) is 6.42 Å². The Labute approximate surface area is 382 Å². The maximum Gasteiger partial charge on any atom is 0.469 e. The van der Waals surface area contributed by atoms with Gasteiger partial charge in [-0.25, -0.2) is 4.57 Å². The van der Waals surface area contributed by atoms with Gasteiger partial charge in [-0.15, -0.1) is 0 Å². The lowest BCUT2D eigenvalue weighted by Gasteiger charge is -2.18. The molecule has 0 amide bonds. The van der Waals surface area contributed by atoms with E-state index in [9.17, 15) is 14.2 Å². The van der Waals surface area contributed by atoms with Gasteiger partial charge in [0.15, 0.2) is 6.10 Å². The van der Waals surface area contributed by atoms with Crippen molar-refractivity contribution in [1.82, 2.24) is 0 Å². The van der Waals surface area contributed by atoms with Gasteiger partial charge in [-0.1, -0.05) is 242 Å². The molecule has 0 fully saturated rings. The minimum absolute atomic E-state index is 0.203. The van der Waals surface area contributed by atoms with E-state index < -0.39 is 32.5 Å². The Morgan fingerprint density at radius 1 is 0.435 bits per heavy atom. The molecule has 0 saturated carbocycles. The van der Waals surface area contributed by atoms with Crippen LogP contribution in [0.25, 0.3) is 0 Å². The molecule has 1 atom stereocenters. The van der Waals surface area contributed by atoms with Crippen LogP contribution in [0.15, 0.2) is 48.6 Å². The molecule has 362 valence electrons. The van der Waals surface area contributed by atoms with Crippen LogP contribution < -0.4 is 0 Å². The van der Waals surface area contributed by atoms with Gasteiger partial charge in [0.05, 0.1) is 6.61 Å². The number of hydrogen-bond acceptors (Lipinski definition) is 6. The van der Waals surface area contributed by atoms with Crippen molar-refractivity contribution in [3.63, 3.8) is 0 Å². The summed E-state index contributed by atoms with van der Waals surface area (Å²) in [4.78, 5) is 43.1. The molecule has 1 unspecified atom stereocenters. The van der Waals surface area contributed by atoms with Crippen molar-refractivity contribution in [1.29, 1.82) is 0 Å². The van der Waals surface area contributed by atoms with Gasteiger partial charge in [-0.05, 0) is 51.4 Å². The van der Waals surface area contributed by atoms with E-state index in [-0.39, 0.29) is 19.4 Å². The highest BCUT2D eigenvalue weighted by atomic mass is 31.2. The fraction of sp³-hybridized carbons (Fsp3) is 0.811. The molecule has 0 heterocycles. The van der Waals surface area contributed by atoms with Gasteiger partial charge in [0.25, 0.3) is 0 Å². The van der Waals surface area contributed by atoms with Gasteiger partial charge in [0.2, 0.25) is 0 Å². The predicted octanol–water partition coefficient (Wildman–Crippen LogP) is 16.6. The first-order valence-electron chi connectivity index (χ1n) is 25.9. The molecular formula is C53H97O8P. The number of rotatable bonds is 48. The number of esters is 2. The van der Waals surface area contributed by atoms with Crippen molar-refractivity contribution < 1.29 is 37.9 Å². The summed E-state index contributed by atoms with van der Waals surface area (Å²) in [6.45, 7) is 3.61. The lowest BCUT2D eigenvalue weighted by molar-refractivity contribution is -0.161. The third kappa shape index (κ3) is 50.7. The molecule has 0 aliphatic carbocycles. The summed E-state index contributed by atoms with van der Waals surface area (Å²) >= 11 is 0. The molecule has 9 heteroatoms. The van der Waals surface area contributed by atoms with Crippen LogP contribution in [0.2, 0.25) is 0 Å². The molecule has 0 radical (unpaired) electrons. The Balaban J connectivity index is 3.80. The maximum absolute atomic E-state index is 12.5. The third-order valence-corrected chi connectivity index (χ3v) is 11.8. The third-order valence-electron chi connectivity index (χ3n) is 11.4. The van der Waals surface area contributed by atoms with E-state index in [0.717, 1.165) is 70.6 Å². The van der Waals surface area contributed by atoms with Crippen molar-refractivity contribution in [3.05, 3.63) is 48.6 Å². The first-order chi connectivity index (χ1) is 30.3. The van der Waals surface area contributed by atoms with Crippen molar-refractivity contribution in [2.24, 2.45) is 0 Å². The van der Waals surface area contributed by atoms with E-state index in [1.807, 2.05) is 0 Å². The highest BCUT2D eigenvalue weighted by Gasteiger charge is 2.23. The number of hydrogen-bond donors (Lipinski definition) is 2. The molecule has 0 aromatic heterocycles. The second-order valence-corrected chi connectivity index (χ2v) is 18.7. The van der Waals surface area contributed by atoms with Crippen LogP contribution in [-0.4, -0.2) is 41.0 Å². The number of ether oxygens (including phenoxy) is 2. The van der Waals surface area contributed by atoms with Crippen LogP contribution in [0.3, 0.4) is 0 Å². The Hall–Kier alpha value is -1.99. The Morgan fingerprint density at radius 3 is 1.16 bits per heavy atom. The minimum atomic E-state index is -4.76. The zero-order chi connectivity index (χ0) is 45.3. The Morgan fingerprint density at radius 2 is 0.774 bits per heavy atom. The van der Waals surface area contributed by atoms with Crippen LogP contribution in [-0.2, 0) is 28.2 Å². The summed E-state index contributed by atoms with van der Waals surface area (Å²) in [5, 5.41) is 0. The first kappa shape index (κ1) is 60.0. The van der Waals surface area contributed by atoms with Crippen molar-refractivity contribution >= 4 is 19.8 Å². The van der Waals surface area contributed by atoms with E-state index in [4.69, 9.17) is 19.3 Å². The van der Waals surface area contributed by atoms with E-state index in [2.05, 4.69) is 67.0 Å². The van der Waals surface area contributed by atoms with E-state index in [1.54, 1.807) is 0 Å². The molecule has 0 aliphatic heterocycles. The molecule has 8 nitrogen and oxygen atoms in total. The van der Waals surface area contributed by atoms with Crippen LogP contribution in [0, 0.1) is 0 Å².